The molecule has 1 aliphatic rings. The van der Waals surface area contributed by atoms with Gasteiger partial charge in [-0.25, -0.2) is 17.5 Å². The van der Waals surface area contributed by atoms with Crippen molar-refractivity contribution in [2.45, 2.75) is 33.0 Å². The van der Waals surface area contributed by atoms with Crippen LogP contribution in [0.15, 0.2) is 28.7 Å². The van der Waals surface area contributed by atoms with Gasteiger partial charge in [0.2, 0.25) is 5.89 Å². The largest absolute Gasteiger partial charge is 0.409 e. The molecule has 1 aromatic carbocycles. The molecule has 142 valence electrons. The average Bonchev–Trinajstić information content (AvgIpc) is 3.09. The zero-order chi connectivity index (χ0) is 18.9. The lowest BCUT2D eigenvalue weighted by Gasteiger charge is -2.29. The van der Waals surface area contributed by atoms with E-state index in [-0.39, 0.29) is 33.8 Å². The monoisotopic (exact) mass is 399 g/mol. The lowest BCUT2D eigenvalue weighted by atomic mass is 10.1. The second-order valence-corrected chi connectivity index (χ2v) is 9.59. The van der Waals surface area contributed by atoms with Gasteiger partial charge >= 0.3 is 0 Å². The fourth-order valence-corrected chi connectivity index (χ4v) is 5.10. The number of aromatic nitrogens is 2. The summed E-state index contributed by atoms with van der Waals surface area (Å²) in [5.41, 5.74) is 0.246. The van der Waals surface area contributed by atoms with Gasteiger partial charge in [-0.05, 0) is 36.7 Å². The van der Waals surface area contributed by atoms with E-state index in [2.05, 4.69) is 23.8 Å². The van der Waals surface area contributed by atoms with Gasteiger partial charge in [-0.1, -0.05) is 26.0 Å². The molecule has 26 heavy (non-hydrogen) atoms. The molecule has 1 saturated heterocycles. The maximum atomic E-state index is 14.0. The number of sulfone groups is 1. The molecule has 2 aromatic rings. The Morgan fingerprint density at radius 1 is 1.42 bits per heavy atom. The highest BCUT2D eigenvalue weighted by Crippen LogP contribution is 2.23. The minimum absolute atomic E-state index is 0.0714. The summed E-state index contributed by atoms with van der Waals surface area (Å²) in [7, 11) is -2.99. The Balaban J connectivity index is 1.85. The summed E-state index contributed by atoms with van der Waals surface area (Å²) in [6.07, 6.45) is 0.598. The van der Waals surface area contributed by atoms with Crippen molar-refractivity contribution >= 4 is 22.1 Å². The Hall–Kier alpha value is -1.58. The van der Waals surface area contributed by atoms with Crippen molar-refractivity contribution < 1.29 is 17.2 Å². The first kappa shape index (κ1) is 19.2. The number of hydrogen-bond donors (Lipinski definition) is 0. The molecule has 2 heterocycles. The summed E-state index contributed by atoms with van der Waals surface area (Å²) in [6.45, 7) is 5.17. The Bertz CT molecular complexity index is 937. The van der Waals surface area contributed by atoms with Gasteiger partial charge in [-0.15, -0.1) is 5.10 Å². The molecule has 1 aromatic heterocycles. The van der Waals surface area contributed by atoms with Crippen LogP contribution in [0.5, 0.6) is 0 Å². The average molecular weight is 400 g/mol. The highest BCUT2D eigenvalue weighted by Gasteiger charge is 2.33. The highest BCUT2D eigenvalue weighted by atomic mass is 32.2. The third-order valence-corrected chi connectivity index (χ3v) is 6.40. The van der Waals surface area contributed by atoms with Crippen LogP contribution in [0.2, 0.25) is 0 Å². The fourth-order valence-electron chi connectivity index (χ4n) is 3.17. The van der Waals surface area contributed by atoms with Gasteiger partial charge < -0.3 is 4.42 Å². The summed E-state index contributed by atoms with van der Waals surface area (Å²) in [5.74, 6) is 0.390. The second-order valence-electron chi connectivity index (χ2n) is 7.02. The zero-order valence-corrected chi connectivity index (χ0v) is 16.4. The molecule has 0 radical (unpaired) electrons. The van der Waals surface area contributed by atoms with Gasteiger partial charge in [-0.3, -0.25) is 4.90 Å². The Labute approximate surface area is 157 Å². The van der Waals surface area contributed by atoms with Gasteiger partial charge in [0.25, 0.3) is 4.84 Å². The standard InChI is InChI=1S/C17H22FN3O3S2/c1-12(2)9-20(13-7-8-26(22,23)10-13)11-21-17(25)24-16(19-21)14-5-3-4-6-15(14)18/h3-6,12-13H,7-11H2,1-2H3. The number of benzene rings is 1. The minimum Gasteiger partial charge on any atom is -0.409 e. The van der Waals surface area contributed by atoms with Crippen molar-refractivity contribution in [2.75, 3.05) is 18.1 Å². The van der Waals surface area contributed by atoms with E-state index in [1.807, 2.05) is 0 Å². The van der Waals surface area contributed by atoms with Gasteiger partial charge in [0.05, 0.1) is 23.7 Å². The van der Waals surface area contributed by atoms with Crippen LogP contribution in [0.1, 0.15) is 20.3 Å². The van der Waals surface area contributed by atoms with Crippen molar-refractivity contribution in [1.29, 1.82) is 0 Å². The third-order valence-electron chi connectivity index (χ3n) is 4.35. The zero-order valence-electron chi connectivity index (χ0n) is 14.8. The van der Waals surface area contributed by atoms with Gasteiger partial charge in [-0.2, -0.15) is 0 Å². The Morgan fingerprint density at radius 3 is 2.77 bits per heavy atom. The van der Waals surface area contributed by atoms with Crippen molar-refractivity contribution in [1.82, 2.24) is 14.7 Å². The first-order valence-corrected chi connectivity index (χ1v) is 10.8. The first-order valence-electron chi connectivity index (χ1n) is 8.52. The Kier molecular flexibility index (Phi) is 5.59. The minimum atomic E-state index is -2.99. The molecule has 0 aliphatic carbocycles. The van der Waals surface area contributed by atoms with Crippen LogP contribution in [-0.4, -0.2) is 47.2 Å². The van der Waals surface area contributed by atoms with Crippen LogP contribution in [-0.2, 0) is 16.5 Å². The third kappa shape index (κ3) is 4.39. The normalized spacial score (nSPS) is 19.5. The van der Waals surface area contributed by atoms with Gasteiger partial charge in [0.1, 0.15) is 5.82 Å². The van der Waals surface area contributed by atoms with Crippen LogP contribution >= 0.6 is 12.2 Å². The quantitative estimate of drug-likeness (QED) is 0.695. The maximum absolute atomic E-state index is 14.0. The van der Waals surface area contributed by atoms with E-state index < -0.39 is 15.7 Å². The molecule has 9 heteroatoms. The molecule has 1 atom stereocenters. The molecule has 0 amide bonds. The molecule has 0 saturated carbocycles. The van der Waals surface area contributed by atoms with Crippen LogP contribution in [0.3, 0.4) is 0 Å². The van der Waals surface area contributed by atoms with Crippen molar-refractivity contribution in [3.63, 3.8) is 0 Å². The number of halogens is 1. The molecule has 3 rings (SSSR count). The van der Waals surface area contributed by atoms with E-state index in [1.54, 1.807) is 18.2 Å². The summed E-state index contributed by atoms with van der Waals surface area (Å²) in [6, 6.07) is 6.13. The highest BCUT2D eigenvalue weighted by molar-refractivity contribution is 7.91. The number of rotatable bonds is 6. The van der Waals surface area contributed by atoms with E-state index in [1.165, 1.54) is 10.7 Å². The van der Waals surface area contributed by atoms with E-state index in [4.69, 9.17) is 16.6 Å². The summed E-state index contributed by atoms with van der Waals surface area (Å²) in [4.78, 5) is 2.21. The maximum Gasteiger partial charge on any atom is 0.288 e. The summed E-state index contributed by atoms with van der Waals surface area (Å²) >= 11 is 5.23. The number of nitrogens with zero attached hydrogens (tertiary/aromatic N) is 3. The number of hydrogen-bond acceptors (Lipinski definition) is 6. The molecular formula is C17H22FN3O3S2. The molecule has 1 unspecified atom stereocenters. The van der Waals surface area contributed by atoms with E-state index >= 15 is 0 Å². The van der Waals surface area contributed by atoms with Crippen molar-refractivity contribution in [3.8, 4) is 11.5 Å². The molecule has 1 fully saturated rings. The second kappa shape index (κ2) is 7.58. The first-order chi connectivity index (χ1) is 12.2. The van der Waals surface area contributed by atoms with Crippen molar-refractivity contribution in [3.05, 3.63) is 34.9 Å². The summed E-state index contributed by atoms with van der Waals surface area (Å²) in [5, 5.41) is 4.31. The molecular weight excluding hydrogens is 377 g/mol. The van der Waals surface area contributed by atoms with Crippen LogP contribution in [0.4, 0.5) is 4.39 Å². The smallest absolute Gasteiger partial charge is 0.288 e. The topological polar surface area (TPSA) is 68.3 Å². The van der Waals surface area contributed by atoms with Crippen LogP contribution < -0.4 is 0 Å². The van der Waals surface area contributed by atoms with E-state index in [0.717, 1.165) is 0 Å². The predicted octanol–water partition coefficient (Wildman–Crippen LogP) is 3.11. The van der Waals surface area contributed by atoms with Crippen LogP contribution in [0, 0.1) is 16.6 Å². The molecule has 6 nitrogen and oxygen atoms in total. The predicted molar refractivity (Wildman–Crippen MR) is 99.3 cm³/mol. The molecule has 0 bridgehead atoms. The van der Waals surface area contributed by atoms with Crippen LogP contribution in [0.25, 0.3) is 11.5 Å². The van der Waals surface area contributed by atoms with E-state index in [9.17, 15) is 12.8 Å². The SMILES string of the molecule is CC(C)CN(Cn1nc(-c2ccccc2F)oc1=S)C1CCS(=O)(=O)C1. The van der Waals surface area contributed by atoms with Crippen molar-refractivity contribution in [2.24, 2.45) is 5.92 Å². The molecule has 0 N–H and O–H groups in total. The summed E-state index contributed by atoms with van der Waals surface area (Å²) < 4.78 is 44.6. The van der Waals surface area contributed by atoms with Gasteiger partial charge in [0.15, 0.2) is 9.84 Å². The lowest BCUT2D eigenvalue weighted by Crippen LogP contribution is -2.40. The lowest BCUT2D eigenvalue weighted by molar-refractivity contribution is 0.136. The Morgan fingerprint density at radius 2 is 2.15 bits per heavy atom. The van der Waals surface area contributed by atoms with Gasteiger partial charge in [0, 0.05) is 12.6 Å². The fraction of sp³-hybridized carbons (Fsp3) is 0.529. The molecule has 1 aliphatic heterocycles. The van der Waals surface area contributed by atoms with E-state index in [0.29, 0.717) is 25.6 Å². The molecule has 0 spiro atoms.